The number of carbonyl (C=O) groups excluding carboxylic acids is 1. The number of amides is 1. The smallest absolute Gasteiger partial charge is 0.255 e. The summed E-state index contributed by atoms with van der Waals surface area (Å²) < 4.78 is 10.5. The summed E-state index contributed by atoms with van der Waals surface area (Å²) in [4.78, 5) is 12.1. The molecule has 1 heterocycles. The van der Waals surface area contributed by atoms with Gasteiger partial charge in [0.25, 0.3) is 5.91 Å². The van der Waals surface area contributed by atoms with Gasteiger partial charge in [-0.05, 0) is 18.2 Å². The van der Waals surface area contributed by atoms with Crippen LogP contribution in [0.15, 0.2) is 18.2 Å². The van der Waals surface area contributed by atoms with Gasteiger partial charge in [0.2, 0.25) is 0 Å². The molecular weight excluding hydrogens is 294 g/mol. The summed E-state index contributed by atoms with van der Waals surface area (Å²) in [5.74, 6) is 5.41. The van der Waals surface area contributed by atoms with Crippen LogP contribution in [0.4, 0.5) is 5.69 Å². The monoisotopic (exact) mass is 309 g/mol. The van der Waals surface area contributed by atoms with Crippen molar-refractivity contribution in [3.05, 3.63) is 28.8 Å². The van der Waals surface area contributed by atoms with Gasteiger partial charge in [-0.1, -0.05) is 23.4 Å². The van der Waals surface area contributed by atoms with Gasteiger partial charge in [0, 0.05) is 17.0 Å². The normalized spacial score (nSPS) is 17.7. The average Bonchev–Trinajstić information content (AvgIpc) is 2.51. The van der Waals surface area contributed by atoms with E-state index in [1.165, 1.54) is 0 Å². The first-order chi connectivity index (χ1) is 10.2. The third kappa shape index (κ3) is 4.73. The molecule has 1 aliphatic heterocycles. The van der Waals surface area contributed by atoms with Crippen LogP contribution in [0, 0.1) is 11.8 Å². The Morgan fingerprint density at radius 3 is 3.05 bits per heavy atom. The zero-order valence-electron chi connectivity index (χ0n) is 11.4. The van der Waals surface area contributed by atoms with Crippen LogP contribution in [-0.4, -0.2) is 43.5 Å². The van der Waals surface area contributed by atoms with E-state index in [4.69, 9.17) is 26.2 Å². The molecule has 1 aromatic carbocycles. The Bertz CT molecular complexity index is 559. The molecular formula is C15H16ClNO4. The van der Waals surface area contributed by atoms with Crippen molar-refractivity contribution < 1.29 is 19.4 Å². The first-order valence-corrected chi connectivity index (χ1v) is 6.98. The fourth-order valence-corrected chi connectivity index (χ4v) is 1.97. The van der Waals surface area contributed by atoms with Crippen molar-refractivity contribution in [1.29, 1.82) is 0 Å². The summed E-state index contributed by atoms with van der Waals surface area (Å²) in [6.07, 6.45) is -0.257. The molecule has 1 aliphatic rings. The van der Waals surface area contributed by atoms with Gasteiger partial charge in [0.05, 0.1) is 32.1 Å². The molecule has 1 saturated heterocycles. The molecule has 0 spiro atoms. The van der Waals surface area contributed by atoms with E-state index in [0.29, 0.717) is 35.9 Å². The number of nitrogens with one attached hydrogen (secondary N) is 1. The molecule has 0 aliphatic carbocycles. The van der Waals surface area contributed by atoms with Crippen LogP contribution in [0.2, 0.25) is 5.02 Å². The fraction of sp³-hybridized carbons (Fsp3) is 0.400. The number of benzene rings is 1. The first-order valence-electron chi connectivity index (χ1n) is 6.60. The highest BCUT2D eigenvalue weighted by atomic mass is 35.5. The second-order valence-corrected chi connectivity index (χ2v) is 4.83. The van der Waals surface area contributed by atoms with E-state index >= 15 is 0 Å². The second kappa shape index (κ2) is 8.01. The van der Waals surface area contributed by atoms with Crippen LogP contribution < -0.4 is 5.32 Å². The summed E-state index contributed by atoms with van der Waals surface area (Å²) in [6.45, 7) is 1.14. The minimum atomic E-state index is -0.618. The molecule has 6 heteroatoms. The van der Waals surface area contributed by atoms with E-state index in [-0.39, 0.29) is 19.1 Å². The Morgan fingerprint density at radius 1 is 1.48 bits per heavy atom. The molecule has 112 valence electrons. The first kappa shape index (κ1) is 15.8. The molecule has 0 bridgehead atoms. The number of hydrogen-bond donors (Lipinski definition) is 2. The number of aliphatic hydroxyl groups excluding tert-OH is 1. The molecule has 1 fully saturated rings. The zero-order valence-corrected chi connectivity index (χ0v) is 12.2. The lowest BCUT2D eigenvalue weighted by molar-refractivity contribution is -0.142. The van der Waals surface area contributed by atoms with Crippen LogP contribution >= 0.6 is 11.6 Å². The van der Waals surface area contributed by atoms with E-state index in [9.17, 15) is 4.79 Å². The molecule has 21 heavy (non-hydrogen) atoms. The molecule has 0 saturated carbocycles. The quantitative estimate of drug-likeness (QED) is 0.829. The molecule has 0 aromatic heterocycles. The maximum Gasteiger partial charge on any atom is 0.255 e. The summed E-state index contributed by atoms with van der Waals surface area (Å²) in [6, 6.07) is 5.03. The Kier molecular flexibility index (Phi) is 6.03. The third-order valence-corrected chi connectivity index (χ3v) is 3.04. The highest BCUT2D eigenvalue weighted by Crippen LogP contribution is 2.20. The Morgan fingerprint density at radius 2 is 2.33 bits per heavy atom. The number of anilines is 1. The van der Waals surface area contributed by atoms with E-state index in [0.717, 1.165) is 0 Å². The highest BCUT2D eigenvalue weighted by Gasteiger charge is 2.23. The van der Waals surface area contributed by atoms with Crippen molar-refractivity contribution >= 4 is 23.2 Å². The SMILES string of the molecule is O=C(Nc1ccc(Cl)cc1C#CCCO)C1COCCO1. The number of halogens is 1. The number of rotatable bonds is 3. The fourth-order valence-electron chi connectivity index (χ4n) is 1.79. The molecule has 1 amide bonds. The molecule has 5 nitrogen and oxygen atoms in total. The molecule has 1 atom stereocenters. The summed E-state index contributed by atoms with van der Waals surface area (Å²) >= 11 is 5.94. The van der Waals surface area contributed by atoms with Crippen LogP contribution in [0.25, 0.3) is 0 Å². The van der Waals surface area contributed by atoms with Crippen molar-refractivity contribution in [2.24, 2.45) is 0 Å². The van der Waals surface area contributed by atoms with Crippen molar-refractivity contribution in [2.75, 3.05) is 31.7 Å². The van der Waals surface area contributed by atoms with Crippen molar-refractivity contribution in [2.45, 2.75) is 12.5 Å². The minimum Gasteiger partial charge on any atom is -0.395 e. The largest absolute Gasteiger partial charge is 0.395 e. The Labute approximate surface area is 128 Å². The van der Waals surface area contributed by atoms with Gasteiger partial charge in [-0.25, -0.2) is 0 Å². The summed E-state index contributed by atoms with van der Waals surface area (Å²) in [5.41, 5.74) is 1.16. The molecule has 1 unspecified atom stereocenters. The molecule has 2 rings (SSSR count). The van der Waals surface area contributed by atoms with Gasteiger partial charge < -0.3 is 19.9 Å². The third-order valence-electron chi connectivity index (χ3n) is 2.81. The standard InChI is InChI=1S/C15H16ClNO4/c16-12-4-5-13(11(9-12)3-1-2-6-18)17-15(19)14-10-20-7-8-21-14/h4-5,9,14,18H,2,6-8,10H2,(H,17,19). The number of hydrogen-bond acceptors (Lipinski definition) is 4. The van der Waals surface area contributed by atoms with Gasteiger partial charge in [-0.2, -0.15) is 0 Å². The lowest BCUT2D eigenvalue weighted by Crippen LogP contribution is -2.39. The molecule has 0 radical (unpaired) electrons. The predicted octanol–water partition coefficient (Wildman–Crippen LogP) is 1.43. The van der Waals surface area contributed by atoms with Crippen LogP contribution in [0.1, 0.15) is 12.0 Å². The minimum absolute atomic E-state index is 0.0114. The predicted molar refractivity (Wildman–Crippen MR) is 79.2 cm³/mol. The molecule has 1 aromatic rings. The maximum atomic E-state index is 12.1. The van der Waals surface area contributed by atoms with E-state index in [2.05, 4.69) is 17.2 Å². The zero-order chi connectivity index (χ0) is 15.1. The number of ether oxygens (including phenoxy) is 2. The van der Waals surface area contributed by atoms with Gasteiger partial charge in [0.15, 0.2) is 6.10 Å². The van der Waals surface area contributed by atoms with Crippen LogP contribution in [0.3, 0.4) is 0 Å². The average molecular weight is 310 g/mol. The topological polar surface area (TPSA) is 67.8 Å². The summed E-state index contributed by atoms with van der Waals surface area (Å²) in [5, 5.41) is 12.0. The van der Waals surface area contributed by atoms with Crippen molar-refractivity contribution in [3.63, 3.8) is 0 Å². The lowest BCUT2D eigenvalue weighted by atomic mass is 10.1. The Balaban J connectivity index is 2.11. The number of carbonyl (C=O) groups is 1. The van der Waals surface area contributed by atoms with Gasteiger partial charge >= 0.3 is 0 Å². The highest BCUT2D eigenvalue weighted by molar-refractivity contribution is 6.30. The van der Waals surface area contributed by atoms with Crippen LogP contribution in [-0.2, 0) is 14.3 Å². The summed E-state index contributed by atoms with van der Waals surface area (Å²) in [7, 11) is 0. The van der Waals surface area contributed by atoms with Gasteiger partial charge in [0.1, 0.15) is 0 Å². The number of aliphatic hydroxyl groups is 1. The van der Waals surface area contributed by atoms with Crippen LogP contribution in [0.5, 0.6) is 0 Å². The molecule has 2 N–H and O–H groups in total. The van der Waals surface area contributed by atoms with E-state index in [1.807, 2.05) is 0 Å². The van der Waals surface area contributed by atoms with E-state index in [1.54, 1.807) is 18.2 Å². The maximum absolute atomic E-state index is 12.1. The van der Waals surface area contributed by atoms with Gasteiger partial charge in [-0.15, -0.1) is 0 Å². The van der Waals surface area contributed by atoms with Crippen molar-refractivity contribution in [3.8, 4) is 11.8 Å². The second-order valence-electron chi connectivity index (χ2n) is 4.39. The Hall–Kier alpha value is -1.58. The van der Waals surface area contributed by atoms with Crippen molar-refractivity contribution in [1.82, 2.24) is 0 Å². The lowest BCUT2D eigenvalue weighted by Gasteiger charge is -2.22. The van der Waals surface area contributed by atoms with E-state index < -0.39 is 6.10 Å². The van der Waals surface area contributed by atoms with Gasteiger partial charge in [-0.3, -0.25) is 4.79 Å².